The summed E-state index contributed by atoms with van der Waals surface area (Å²) in [7, 11) is 0. The van der Waals surface area contributed by atoms with Crippen LogP contribution in [0.2, 0.25) is 0 Å². The van der Waals surface area contributed by atoms with E-state index < -0.39 is 5.89 Å². The Morgan fingerprint density at radius 3 is 1.16 bits per heavy atom. The second-order valence-electron chi connectivity index (χ2n) is 19.1. The predicted octanol–water partition coefficient (Wildman–Crippen LogP) is 9.07. The lowest BCUT2D eigenvalue weighted by Gasteiger charge is -2.43. The Hall–Kier alpha value is -3.16. The highest BCUT2D eigenvalue weighted by Gasteiger charge is 2.47. The van der Waals surface area contributed by atoms with Crippen LogP contribution in [0, 0.1) is 44.3 Å². The van der Waals surface area contributed by atoms with E-state index in [9.17, 15) is 19.2 Å². The number of hydrogen-bond donors (Lipinski definition) is 4. The third-order valence-electron chi connectivity index (χ3n) is 11.3. The molecular formula is C42H72N4O4. The van der Waals surface area contributed by atoms with E-state index in [0.29, 0.717) is 12.8 Å². The molecule has 0 spiro atoms. The van der Waals surface area contributed by atoms with Crippen molar-refractivity contribution in [1.29, 1.82) is 0 Å². The van der Waals surface area contributed by atoms with Crippen LogP contribution in [-0.2, 0) is 19.2 Å². The zero-order chi connectivity index (χ0) is 40.2. The second-order valence-corrected chi connectivity index (χ2v) is 19.1. The molecule has 8 nitrogen and oxygen atoms in total. The van der Waals surface area contributed by atoms with Crippen molar-refractivity contribution < 1.29 is 20.5 Å². The summed E-state index contributed by atoms with van der Waals surface area (Å²) < 4.78 is 8.11. The molecule has 4 heterocycles. The average molecular weight is 698 g/mol. The Morgan fingerprint density at radius 2 is 0.880 bits per heavy atom. The minimum absolute atomic E-state index is 0.0117. The first kappa shape index (κ1) is 43.0. The van der Waals surface area contributed by atoms with Gasteiger partial charge in [-0.1, -0.05) is 123 Å². The van der Waals surface area contributed by atoms with Gasteiger partial charge in [0.1, 0.15) is 0 Å². The third kappa shape index (κ3) is 12.0. The molecule has 0 aliphatic carbocycles. The highest BCUT2D eigenvalue weighted by atomic mass is 16.2. The zero-order valence-electron chi connectivity index (χ0n) is 35.2. The van der Waals surface area contributed by atoms with E-state index in [2.05, 4.69) is 110 Å². The van der Waals surface area contributed by atoms with Gasteiger partial charge in [0.15, 0.2) is 0 Å². The van der Waals surface area contributed by atoms with Gasteiger partial charge in [-0.3, -0.25) is 19.2 Å². The monoisotopic (exact) mass is 698 g/mol. The van der Waals surface area contributed by atoms with E-state index in [0.717, 1.165) is 61.3 Å². The molecule has 4 atom stereocenters. The van der Waals surface area contributed by atoms with Crippen molar-refractivity contribution in [2.75, 3.05) is 0 Å². The van der Waals surface area contributed by atoms with E-state index in [1.54, 1.807) is 0 Å². The Labute approximate surface area is 306 Å². The van der Waals surface area contributed by atoms with Gasteiger partial charge in [0, 0.05) is 36.0 Å². The molecule has 4 rings (SSSR count). The first-order chi connectivity index (χ1) is 22.7. The normalized spacial score (nSPS) is 29.6. The third-order valence-corrected chi connectivity index (χ3v) is 11.3. The van der Waals surface area contributed by atoms with Gasteiger partial charge in [0.2, 0.25) is 23.6 Å². The maximum atomic E-state index is 11.8. The SMILES string of the molecule is C=C1CCC(C(C)(C)C)C(=O)N1.C=C1CCC(C)(C(C)(C)C)C(=O)N1.C=C1CCC(C)(C(C)(C)C)C(=O)N1.[2H]C1(C(C)(C)C)CCC(=C)NC1=O. The van der Waals surface area contributed by atoms with Crippen LogP contribution in [-0.4, -0.2) is 23.6 Å². The van der Waals surface area contributed by atoms with Gasteiger partial charge in [-0.25, -0.2) is 0 Å². The summed E-state index contributed by atoms with van der Waals surface area (Å²) in [6.45, 7) is 43.8. The number of nitrogens with one attached hydrogen (secondary N) is 4. The van der Waals surface area contributed by atoms with Crippen molar-refractivity contribution in [2.24, 2.45) is 44.3 Å². The standard InChI is InChI=1S/2C11H19NO.2C10H17NO/c2*1-8-6-7-11(5,9(13)12-8)10(2,3)4;2*1-7-5-6-8(9(12)11-7)10(2,3)4/h2*1,6-7H2,2-5H3,(H,12,13);2*8H,1,5-6H2,2-4H3,(H,11,12)/i;;8D;. The van der Waals surface area contributed by atoms with Crippen LogP contribution in [0.15, 0.2) is 49.1 Å². The molecule has 8 heteroatoms. The Bertz CT molecular complexity index is 1260. The summed E-state index contributed by atoms with van der Waals surface area (Å²) in [6.07, 6.45) is 6.76. The number of carbonyl (C=O) groups excluding carboxylic acids is 4. The Balaban J connectivity index is 0.000000340. The van der Waals surface area contributed by atoms with E-state index in [-0.39, 0.29) is 62.0 Å². The molecule has 4 amide bonds. The fraction of sp³-hybridized carbons (Fsp3) is 0.714. The fourth-order valence-electron chi connectivity index (χ4n) is 6.19. The van der Waals surface area contributed by atoms with Crippen molar-refractivity contribution >= 4 is 23.6 Å². The van der Waals surface area contributed by atoms with E-state index in [4.69, 9.17) is 1.37 Å². The van der Waals surface area contributed by atoms with Gasteiger partial charge >= 0.3 is 0 Å². The topological polar surface area (TPSA) is 116 Å². The van der Waals surface area contributed by atoms with Gasteiger partial charge in [0.25, 0.3) is 0 Å². The molecule has 0 aromatic heterocycles. The molecule has 4 unspecified atom stereocenters. The summed E-state index contributed by atoms with van der Waals surface area (Å²) in [6, 6.07) is 0. The van der Waals surface area contributed by atoms with Crippen LogP contribution in [0.3, 0.4) is 0 Å². The molecule has 0 bridgehead atoms. The molecule has 4 N–H and O–H groups in total. The quantitative estimate of drug-likeness (QED) is 0.202. The van der Waals surface area contributed by atoms with Gasteiger partial charge < -0.3 is 21.3 Å². The van der Waals surface area contributed by atoms with E-state index >= 15 is 0 Å². The van der Waals surface area contributed by atoms with Gasteiger partial charge in [-0.05, 0) is 73.0 Å². The minimum atomic E-state index is -1.01. The summed E-state index contributed by atoms with van der Waals surface area (Å²) in [5.41, 5.74) is 2.57. The summed E-state index contributed by atoms with van der Waals surface area (Å²) in [4.78, 5) is 46.7. The molecule has 0 aromatic carbocycles. The first-order valence-corrected chi connectivity index (χ1v) is 18.2. The van der Waals surface area contributed by atoms with Crippen LogP contribution < -0.4 is 21.3 Å². The predicted molar refractivity (Wildman–Crippen MR) is 207 cm³/mol. The number of piperidine rings is 4. The van der Waals surface area contributed by atoms with Crippen LogP contribution in [0.1, 0.15) is 150 Å². The van der Waals surface area contributed by atoms with Crippen molar-refractivity contribution in [3.63, 3.8) is 0 Å². The number of allylic oxidation sites excluding steroid dienone is 4. The van der Waals surface area contributed by atoms with Crippen LogP contribution >= 0.6 is 0 Å². The van der Waals surface area contributed by atoms with E-state index in [1.807, 2.05) is 34.6 Å². The molecule has 4 aliphatic heterocycles. The smallest absolute Gasteiger partial charge is 0.230 e. The van der Waals surface area contributed by atoms with Crippen molar-refractivity contribution in [3.05, 3.63) is 49.1 Å². The maximum Gasteiger partial charge on any atom is 0.230 e. The lowest BCUT2D eigenvalue weighted by molar-refractivity contribution is -0.138. The summed E-state index contributed by atoms with van der Waals surface area (Å²) in [5, 5.41) is 11.1. The zero-order valence-corrected chi connectivity index (χ0v) is 34.2. The molecule has 4 fully saturated rings. The number of rotatable bonds is 0. The number of carbonyl (C=O) groups is 4. The Kier molecular flexibility index (Phi) is 14.2. The number of hydrogen-bond acceptors (Lipinski definition) is 4. The Morgan fingerprint density at radius 1 is 0.540 bits per heavy atom. The molecular weight excluding hydrogens is 624 g/mol. The summed E-state index contributed by atoms with van der Waals surface area (Å²) in [5.74, 6) is -0.695. The van der Waals surface area contributed by atoms with Crippen LogP contribution in [0.25, 0.3) is 0 Å². The van der Waals surface area contributed by atoms with Gasteiger partial charge in [-0.2, -0.15) is 0 Å². The molecule has 284 valence electrons. The first-order valence-electron chi connectivity index (χ1n) is 18.7. The molecule has 4 aliphatic rings. The van der Waals surface area contributed by atoms with Crippen LogP contribution in [0.5, 0.6) is 0 Å². The molecule has 0 saturated carbocycles. The lowest BCUT2D eigenvalue weighted by Crippen LogP contribution is -2.49. The fourth-order valence-corrected chi connectivity index (χ4v) is 6.19. The second kappa shape index (κ2) is 16.5. The van der Waals surface area contributed by atoms with Gasteiger partial charge in [0.05, 0.1) is 10.8 Å². The van der Waals surface area contributed by atoms with Crippen molar-refractivity contribution in [1.82, 2.24) is 21.3 Å². The van der Waals surface area contributed by atoms with Crippen LogP contribution in [0.4, 0.5) is 0 Å². The van der Waals surface area contributed by atoms with E-state index in [1.165, 1.54) is 0 Å². The maximum absolute atomic E-state index is 11.8. The highest BCUT2D eigenvalue weighted by molar-refractivity contribution is 5.86. The molecule has 4 saturated heterocycles. The lowest BCUT2D eigenvalue weighted by atomic mass is 9.63. The largest absolute Gasteiger partial charge is 0.330 e. The van der Waals surface area contributed by atoms with Gasteiger partial charge in [-0.15, -0.1) is 0 Å². The molecule has 0 aromatic rings. The average Bonchev–Trinajstić information content (AvgIpc) is 2.94. The molecule has 0 radical (unpaired) electrons. The highest BCUT2D eigenvalue weighted by Crippen LogP contribution is 2.46. The number of amides is 4. The minimum Gasteiger partial charge on any atom is -0.330 e. The van der Waals surface area contributed by atoms with Crippen molar-refractivity contribution in [3.8, 4) is 0 Å². The summed E-state index contributed by atoms with van der Waals surface area (Å²) >= 11 is 0. The molecule has 50 heavy (non-hydrogen) atoms. The van der Waals surface area contributed by atoms with Crippen molar-refractivity contribution in [2.45, 2.75) is 148 Å².